The molecular formula is C13H16O4S. The molecular weight excluding hydrogens is 252 g/mol. The van der Waals surface area contributed by atoms with Crippen LogP contribution >= 0.6 is 11.3 Å². The first-order valence-corrected chi connectivity index (χ1v) is 6.81. The number of fused-ring (bicyclic) bond motifs is 1. The van der Waals surface area contributed by atoms with Gasteiger partial charge in [0.1, 0.15) is 19.3 Å². The molecule has 0 aliphatic carbocycles. The number of carbonyl (C=O) groups is 1. The van der Waals surface area contributed by atoms with Gasteiger partial charge in [-0.2, -0.15) is 0 Å². The first-order valence-electron chi connectivity index (χ1n) is 5.93. The van der Waals surface area contributed by atoms with E-state index in [1.54, 1.807) is 11.3 Å². The van der Waals surface area contributed by atoms with Crippen molar-refractivity contribution < 1.29 is 19.0 Å². The van der Waals surface area contributed by atoms with E-state index in [1.807, 2.05) is 12.3 Å². The molecule has 1 aromatic heterocycles. The highest BCUT2D eigenvalue weighted by atomic mass is 32.1. The van der Waals surface area contributed by atoms with Crippen LogP contribution in [0.25, 0.3) is 0 Å². The summed E-state index contributed by atoms with van der Waals surface area (Å²) < 4.78 is 16.3. The summed E-state index contributed by atoms with van der Waals surface area (Å²) in [5, 5.41) is 1.94. The Bertz CT molecular complexity index is 438. The third-order valence-electron chi connectivity index (χ3n) is 2.69. The first-order chi connectivity index (χ1) is 8.74. The van der Waals surface area contributed by atoms with Gasteiger partial charge in [-0.05, 0) is 6.42 Å². The van der Waals surface area contributed by atoms with E-state index < -0.39 is 0 Å². The highest BCUT2D eigenvalue weighted by Gasteiger charge is 2.22. The Hall–Kier alpha value is -1.49. The van der Waals surface area contributed by atoms with Gasteiger partial charge in [-0.15, -0.1) is 11.3 Å². The van der Waals surface area contributed by atoms with Crippen molar-refractivity contribution >= 4 is 17.3 Å². The molecule has 0 N–H and O–H groups in total. The minimum absolute atomic E-state index is 0.149. The number of hydrogen-bond donors (Lipinski definition) is 0. The summed E-state index contributed by atoms with van der Waals surface area (Å²) in [4.78, 5) is 12.3. The Morgan fingerprint density at radius 1 is 1.61 bits per heavy atom. The first kappa shape index (κ1) is 13.0. The van der Waals surface area contributed by atoms with Gasteiger partial charge in [-0.3, -0.25) is 0 Å². The van der Waals surface area contributed by atoms with Crippen LogP contribution in [-0.4, -0.2) is 25.3 Å². The monoisotopic (exact) mass is 268 g/mol. The summed E-state index contributed by atoms with van der Waals surface area (Å²) in [6.45, 7) is 6.54. The summed E-state index contributed by atoms with van der Waals surface area (Å²) in [6, 6.07) is 0. The smallest absolute Gasteiger partial charge is 0.330 e. The van der Waals surface area contributed by atoms with E-state index in [0.29, 0.717) is 19.6 Å². The van der Waals surface area contributed by atoms with Gasteiger partial charge in [0.15, 0.2) is 11.5 Å². The molecule has 0 fully saturated rings. The molecule has 0 saturated carbocycles. The SMILES string of the molecule is C=CC(=O)OC(CC)Cc1scc2c1OCCO2. The predicted molar refractivity (Wildman–Crippen MR) is 69.4 cm³/mol. The second-order valence-electron chi connectivity index (χ2n) is 3.92. The maximum atomic E-state index is 11.2. The second kappa shape index (κ2) is 5.91. The number of hydrogen-bond acceptors (Lipinski definition) is 5. The van der Waals surface area contributed by atoms with Gasteiger partial charge in [-0.1, -0.05) is 13.5 Å². The van der Waals surface area contributed by atoms with Gasteiger partial charge in [0.2, 0.25) is 0 Å². The molecule has 2 heterocycles. The average molecular weight is 268 g/mol. The highest BCUT2D eigenvalue weighted by molar-refractivity contribution is 7.10. The number of carbonyl (C=O) groups excluding carboxylic acids is 1. The third-order valence-corrected chi connectivity index (χ3v) is 3.66. The van der Waals surface area contributed by atoms with Gasteiger partial charge < -0.3 is 14.2 Å². The zero-order chi connectivity index (χ0) is 13.0. The number of thiophene rings is 1. The summed E-state index contributed by atoms with van der Waals surface area (Å²) in [5.41, 5.74) is 0. The zero-order valence-corrected chi connectivity index (χ0v) is 11.1. The quantitative estimate of drug-likeness (QED) is 0.608. The van der Waals surface area contributed by atoms with Gasteiger partial charge in [-0.25, -0.2) is 4.79 Å². The van der Waals surface area contributed by atoms with Crippen molar-refractivity contribution in [3.05, 3.63) is 22.9 Å². The summed E-state index contributed by atoms with van der Waals surface area (Å²) in [7, 11) is 0. The lowest BCUT2D eigenvalue weighted by Crippen LogP contribution is -2.19. The Morgan fingerprint density at radius 3 is 3.11 bits per heavy atom. The molecule has 98 valence electrons. The van der Waals surface area contributed by atoms with Crippen LogP contribution in [-0.2, 0) is 16.0 Å². The predicted octanol–water partition coefficient (Wildman–Crippen LogP) is 2.57. The molecule has 5 heteroatoms. The van der Waals surface area contributed by atoms with Gasteiger partial charge in [0.05, 0.1) is 4.88 Å². The molecule has 0 amide bonds. The molecule has 1 atom stereocenters. The van der Waals surface area contributed by atoms with Crippen molar-refractivity contribution in [1.82, 2.24) is 0 Å². The van der Waals surface area contributed by atoms with Crippen molar-refractivity contribution in [3.8, 4) is 11.5 Å². The van der Waals surface area contributed by atoms with Crippen molar-refractivity contribution in [2.45, 2.75) is 25.9 Å². The fraction of sp³-hybridized carbons (Fsp3) is 0.462. The molecule has 1 unspecified atom stereocenters. The molecule has 1 aliphatic rings. The van der Waals surface area contributed by atoms with Gasteiger partial charge in [0.25, 0.3) is 0 Å². The van der Waals surface area contributed by atoms with Crippen molar-refractivity contribution in [2.75, 3.05) is 13.2 Å². The van der Waals surface area contributed by atoms with Crippen LogP contribution in [0.1, 0.15) is 18.2 Å². The number of rotatable bonds is 5. The largest absolute Gasteiger partial charge is 0.485 e. The van der Waals surface area contributed by atoms with Crippen molar-refractivity contribution in [1.29, 1.82) is 0 Å². The van der Waals surface area contributed by atoms with Crippen LogP contribution in [0.15, 0.2) is 18.0 Å². The van der Waals surface area contributed by atoms with Crippen LogP contribution in [0.5, 0.6) is 11.5 Å². The van der Waals surface area contributed by atoms with Crippen LogP contribution in [0.3, 0.4) is 0 Å². The Balaban J connectivity index is 2.05. The fourth-order valence-corrected chi connectivity index (χ4v) is 2.72. The van der Waals surface area contributed by atoms with E-state index in [0.717, 1.165) is 22.8 Å². The lowest BCUT2D eigenvalue weighted by atomic mass is 10.1. The van der Waals surface area contributed by atoms with Crippen molar-refractivity contribution in [3.63, 3.8) is 0 Å². The molecule has 1 aromatic rings. The average Bonchev–Trinajstić information content (AvgIpc) is 2.81. The highest BCUT2D eigenvalue weighted by Crippen LogP contribution is 2.40. The van der Waals surface area contributed by atoms with Crippen LogP contribution in [0.2, 0.25) is 0 Å². The molecule has 0 bridgehead atoms. The number of esters is 1. The van der Waals surface area contributed by atoms with E-state index >= 15 is 0 Å². The minimum atomic E-state index is -0.385. The molecule has 4 nitrogen and oxygen atoms in total. The Morgan fingerprint density at radius 2 is 2.39 bits per heavy atom. The molecule has 0 aromatic carbocycles. The van der Waals surface area contributed by atoms with E-state index in [1.165, 1.54) is 6.08 Å². The van der Waals surface area contributed by atoms with E-state index in [4.69, 9.17) is 14.2 Å². The molecule has 0 spiro atoms. The van der Waals surface area contributed by atoms with Crippen LogP contribution in [0.4, 0.5) is 0 Å². The molecule has 0 radical (unpaired) electrons. The van der Waals surface area contributed by atoms with Crippen molar-refractivity contribution in [2.24, 2.45) is 0 Å². The lowest BCUT2D eigenvalue weighted by molar-refractivity contribution is -0.143. The Labute approximate surface area is 110 Å². The van der Waals surface area contributed by atoms with Gasteiger partial charge >= 0.3 is 5.97 Å². The topological polar surface area (TPSA) is 44.8 Å². The van der Waals surface area contributed by atoms with E-state index in [2.05, 4.69) is 6.58 Å². The van der Waals surface area contributed by atoms with Crippen LogP contribution in [0, 0.1) is 0 Å². The van der Waals surface area contributed by atoms with E-state index in [9.17, 15) is 4.79 Å². The second-order valence-corrected chi connectivity index (χ2v) is 4.89. The molecule has 18 heavy (non-hydrogen) atoms. The minimum Gasteiger partial charge on any atom is -0.485 e. The summed E-state index contributed by atoms with van der Waals surface area (Å²) >= 11 is 1.58. The lowest BCUT2D eigenvalue weighted by Gasteiger charge is -2.18. The molecule has 1 aliphatic heterocycles. The molecule has 2 rings (SSSR count). The third kappa shape index (κ3) is 2.85. The zero-order valence-electron chi connectivity index (χ0n) is 10.3. The van der Waals surface area contributed by atoms with Gasteiger partial charge in [0, 0.05) is 17.9 Å². The van der Waals surface area contributed by atoms with E-state index in [-0.39, 0.29) is 12.1 Å². The normalized spacial score (nSPS) is 14.9. The number of ether oxygens (including phenoxy) is 3. The summed E-state index contributed by atoms with van der Waals surface area (Å²) in [6.07, 6.45) is 2.45. The maximum absolute atomic E-state index is 11.2. The van der Waals surface area contributed by atoms with Crippen LogP contribution < -0.4 is 9.47 Å². The molecule has 0 saturated heterocycles. The standard InChI is InChI=1S/C13H16O4S/c1-3-9(17-12(14)4-2)7-11-13-10(8-18-11)15-5-6-16-13/h4,8-9H,2-3,5-7H2,1H3. The Kier molecular flexibility index (Phi) is 4.25. The summed E-state index contributed by atoms with van der Waals surface area (Å²) in [5.74, 6) is 1.22. The maximum Gasteiger partial charge on any atom is 0.330 e. The fourth-order valence-electron chi connectivity index (χ4n) is 1.74.